The number of rotatable bonds is 3. The van der Waals surface area contributed by atoms with Crippen molar-refractivity contribution in [2.45, 2.75) is 12.1 Å². The predicted molar refractivity (Wildman–Crippen MR) is 75.0 cm³/mol. The summed E-state index contributed by atoms with van der Waals surface area (Å²) >= 11 is 1.56. The van der Waals surface area contributed by atoms with E-state index in [9.17, 15) is 5.11 Å². The third-order valence-corrected chi connectivity index (χ3v) is 3.45. The lowest BCUT2D eigenvalue weighted by atomic mass is 10.2. The zero-order valence-corrected chi connectivity index (χ0v) is 11.1. The first-order valence-corrected chi connectivity index (χ1v) is 6.89. The molecule has 0 saturated heterocycles. The van der Waals surface area contributed by atoms with Crippen LogP contribution >= 0.6 is 11.8 Å². The number of aromatic amines is 1. The van der Waals surface area contributed by atoms with Gasteiger partial charge in [0.05, 0.1) is 11.6 Å². The van der Waals surface area contributed by atoms with Gasteiger partial charge in [0.15, 0.2) is 5.16 Å². The molecule has 0 atom stereocenters. The summed E-state index contributed by atoms with van der Waals surface area (Å²) in [5, 5.41) is 20.2. The van der Waals surface area contributed by atoms with Gasteiger partial charge in [-0.1, -0.05) is 24.8 Å². The van der Waals surface area contributed by atoms with Crippen LogP contribution in [0.2, 0.25) is 0 Å². The molecule has 2 heterocycles. The first-order chi connectivity index (χ1) is 9.26. The fourth-order valence-corrected chi connectivity index (χ4v) is 2.44. The van der Waals surface area contributed by atoms with E-state index < -0.39 is 0 Å². The molecule has 2 N–H and O–H groups in total. The van der Waals surface area contributed by atoms with Gasteiger partial charge in [-0.15, -0.1) is 0 Å². The number of nitrogens with one attached hydrogen (secondary N) is 1. The first kappa shape index (κ1) is 12.0. The van der Waals surface area contributed by atoms with Crippen molar-refractivity contribution < 1.29 is 5.11 Å². The summed E-state index contributed by atoms with van der Waals surface area (Å²) in [7, 11) is 0. The molecule has 1 aromatic carbocycles. The highest BCUT2D eigenvalue weighted by Crippen LogP contribution is 2.21. The Morgan fingerprint density at radius 2 is 2.32 bits per heavy atom. The van der Waals surface area contributed by atoms with Crippen molar-refractivity contribution in [1.82, 2.24) is 9.97 Å². The highest BCUT2D eigenvalue weighted by molar-refractivity contribution is 7.99. The van der Waals surface area contributed by atoms with Gasteiger partial charge < -0.3 is 10.1 Å². The van der Waals surface area contributed by atoms with E-state index in [0.29, 0.717) is 5.69 Å². The molecule has 0 amide bonds. The van der Waals surface area contributed by atoms with Crippen LogP contribution in [0, 0.1) is 0 Å². The van der Waals surface area contributed by atoms with E-state index in [0.717, 1.165) is 27.0 Å². The maximum atomic E-state index is 9.78. The van der Waals surface area contributed by atoms with Gasteiger partial charge in [0.25, 0.3) is 0 Å². The van der Waals surface area contributed by atoms with Crippen molar-refractivity contribution in [3.05, 3.63) is 40.0 Å². The molecule has 1 aromatic heterocycles. The standard InChI is InChI=1S/C13H12N4OS/c1-2-19-13-15-11(12(18)16-13)6-8-3-4-10-9(5-8)7-14-17-10/h3-7,18H,2H2,1H3,(H,15,16). The van der Waals surface area contributed by atoms with E-state index in [1.807, 2.05) is 31.2 Å². The van der Waals surface area contributed by atoms with Gasteiger partial charge in [-0.3, -0.25) is 0 Å². The number of H-pyrrole nitrogens is 1. The summed E-state index contributed by atoms with van der Waals surface area (Å²) in [5.74, 6) is 0.929. The molecular weight excluding hydrogens is 260 g/mol. The number of nitrogens with zero attached hydrogens (tertiary/aromatic N) is 3. The summed E-state index contributed by atoms with van der Waals surface area (Å²) in [5.41, 5.74) is 1.60. The molecule has 0 spiro atoms. The SMILES string of the molecule is CCSc1nc(O)c(C=c2ccc3c(c2)C=NN=3)[nH]1. The number of fused-ring (bicyclic) bond motifs is 1. The van der Waals surface area contributed by atoms with Crippen LogP contribution in [0.1, 0.15) is 18.2 Å². The average Bonchev–Trinajstić information content (AvgIpc) is 2.97. The number of imidazole rings is 1. The van der Waals surface area contributed by atoms with Gasteiger partial charge in [-0.25, -0.2) is 0 Å². The maximum absolute atomic E-state index is 9.78. The lowest BCUT2D eigenvalue weighted by Gasteiger charge is -1.91. The second kappa shape index (κ2) is 4.89. The molecule has 2 aromatic rings. The number of hydrogen-bond acceptors (Lipinski definition) is 5. The van der Waals surface area contributed by atoms with Crippen molar-refractivity contribution in [2.24, 2.45) is 10.2 Å². The molecule has 0 aliphatic carbocycles. The van der Waals surface area contributed by atoms with Crippen LogP contribution in [0.5, 0.6) is 5.88 Å². The zero-order valence-electron chi connectivity index (χ0n) is 10.3. The summed E-state index contributed by atoms with van der Waals surface area (Å²) in [6.45, 7) is 2.04. The third kappa shape index (κ3) is 2.39. The molecule has 6 heteroatoms. The normalized spacial score (nSPS) is 13.6. The Kier molecular flexibility index (Phi) is 3.08. The molecule has 19 heavy (non-hydrogen) atoms. The van der Waals surface area contributed by atoms with Crippen molar-refractivity contribution >= 4 is 24.1 Å². The van der Waals surface area contributed by atoms with Crippen LogP contribution in [0.4, 0.5) is 0 Å². The van der Waals surface area contributed by atoms with Gasteiger partial charge in [0.1, 0.15) is 5.69 Å². The summed E-state index contributed by atoms with van der Waals surface area (Å²) < 4.78 is 0. The highest BCUT2D eigenvalue weighted by atomic mass is 32.2. The zero-order chi connectivity index (χ0) is 13.2. The largest absolute Gasteiger partial charge is 0.492 e. The van der Waals surface area contributed by atoms with Crippen LogP contribution in [0.15, 0.2) is 33.6 Å². The minimum atomic E-state index is 0.0230. The molecule has 5 nitrogen and oxygen atoms in total. The molecule has 96 valence electrons. The second-order valence-corrected chi connectivity index (χ2v) is 5.27. The highest BCUT2D eigenvalue weighted by Gasteiger charge is 2.06. The van der Waals surface area contributed by atoms with Crippen LogP contribution in [-0.2, 0) is 0 Å². The predicted octanol–water partition coefficient (Wildman–Crippen LogP) is 1.02. The van der Waals surface area contributed by atoms with Crippen molar-refractivity contribution in [2.75, 3.05) is 5.75 Å². The number of benzene rings is 1. The third-order valence-electron chi connectivity index (χ3n) is 2.70. The Morgan fingerprint density at radius 1 is 1.42 bits per heavy atom. The maximum Gasteiger partial charge on any atom is 0.237 e. The van der Waals surface area contributed by atoms with Crippen molar-refractivity contribution in [3.8, 4) is 5.88 Å². The summed E-state index contributed by atoms with van der Waals surface area (Å²) in [4.78, 5) is 7.14. The van der Waals surface area contributed by atoms with Crippen LogP contribution in [-0.4, -0.2) is 27.0 Å². The Labute approximate surface area is 113 Å². The molecular formula is C13H12N4OS. The van der Waals surface area contributed by atoms with E-state index in [4.69, 9.17) is 0 Å². The topological polar surface area (TPSA) is 73.6 Å². The first-order valence-electron chi connectivity index (χ1n) is 5.91. The fourth-order valence-electron chi connectivity index (χ4n) is 1.84. The van der Waals surface area contributed by atoms with Gasteiger partial charge in [-0.2, -0.15) is 15.2 Å². The smallest absolute Gasteiger partial charge is 0.237 e. The fraction of sp³-hybridized carbons (Fsp3) is 0.154. The Morgan fingerprint density at radius 3 is 3.16 bits per heavy atom. The van der Waals surface area contributed by atoms with Gasteiger partial charge in [0, 0.05) is 5.56 Å². The van der Waals surface area contributed by atoms with E-state index in [-0.39, 0.29) is 5.88 Å². The van der Waals surface area contributed by atoms with E-state index >= 15 is 0 Å². The number of thioether (sulfide) groups is 1. The number of hydrogen-bond donors (Lipinski definition) is 2. The molecule has 0 fully saturated rings. The van der Waals surface area contributed by atoms with Gasteiger partial charge in [-0.05, 0) is 29.2 Å². The lowest BCUT2D eigenvalue weighted by Crippen LogP contribution is -2.11. The monoisotopic (exact) mass is 272 g/mol. The minimum absolute atomic E-state index is 0.0230. The van der Waals surface area contributed by atoms with Crippen LogP contribution < -0.4 is 10.6 Å². The summed E-state index contributed by atoms with van der Waals surface area (Å²) in [6, 6.07) is 5.81. The quantitative estimate of drug-likeness (QED) is 0.819. The Bertz CT molecular complexity index is 763. The molecule has 1 aliphatic heterocycles. The van der Waals surface area contributed by atoms with E-state index in [2.05, 4.69) is 20.2 Å². The Hall–Kier alpha value is -2.08. The van der Waals surface area contributed by atoms with Crippen molar-refractivity contribution in [3.63, 3.8) is 0 Å². The van der Waals surface area contributed by atoms with Crippen LogP contribution in [0.25, 0.3) is 6.08 Å². The Balaban J connectivity index is 2.02. The molecule has 0 radical (unpaired) electrons. The average molecular weight is 272 g/mol. The van der Waals surface area contributed by atoms with Crippen LogP contribution in [0.3, 0.4) is 0 Å². The molecule has 0 bridgehead atoms. The van der Waals surface area contributed by atoms with Crippen molar-refractivity contribution in [1.29, 1.82) is 0 Å². The molecule has 0 unspecified atom stereocenters. The minimum Gasteiger partial charge on any atom is -0.492 e. The molecule has 1 aliphatic rings. The van der Waals surface area contributed by atoms with Gasteiger partial charge >= 0.3 is 0 Å². The van der Waals surface area contributed by atoms with Gasteiger partial charge in [0.2, 0.25) is 5.88 Å². The van der Waals surface area contributed by atoms with E-state index in [1.165, 1.54) is 0 Å². The van der Waals surface area contributed by atoms with E-state index in [1.54, 1.807) is 18.0 Å². The molecule has 0 saturated carbocycles. The summed E-state index contributed by atoms with van der Waals surface area (Å²) in [6.07, 6.45) is 3.58. The number of aromatic hydroxyl groups is 1. The molecule has 3 rings (SSSR count). The second-order valence-electron chi connectivity index (χ2n) is 4.02. The number of aromatic nitrogens is 2. The lowest BCUT2D eigenvalue weighted by molar-refractivity contribution is 0.453.